The van der Waals surface area contributed by atoms with E-state index in [1.165, 1.54) is 6.26 Å². The van der Waals surface area contributed by atoms with Crippen LogP contribution in [0.5, 0.6) is 0 Å². The van der Waals surface area contributed by atoms with Crippen molar-refractivity contribution in [1.29, 1.82) is 5.26 Å². The van der Waals surface area contributed by atoms with E-state index in [0.717, 1.165) is 10.7 Å². The van der Waals surface area contributed by atoms with Gasteiger partial charge in [0, 0.05) is 22.6 Å². The van der Waals surface area contributed by atoms with E-state index in [9.17, 15) is 27.7 Å². The zero-order valence-corrected chi connectivity index (χ0v) is 15.7. The third kappa shape index (κ3) is 2.92. The number of aliphatic hydroxyl groups is 1. The molecule has 7 nitrogen and oxygen atoms in total. The first-order valence-electron chi connectivity index (χ1n) is 7.61. The number of rotatable bonds is 3. The van der Waals surface area contributed by atoms with Gasteiger partial charge >= 0.3 is 12.0 Å². The Morgan fingerprint density at radius 1 is 1.54 bits per heavy atom. The van der Waals surface area contributed by atoms with E-state index in [-0.39, 0.29) is 32.8 Å². The Kier molecular flexibility index (Phi) is 4.88. The van der Waals surface area contributed by atoms with Gasteiger partial charge < -0.3 is 15.3 Å². The lowest BCUT2D eigenvalue weighted by molar-refractivity contribution is -0.137. The van der Waals surface area contributed by atoms with E-state index in [2.05, 4.69) is 15.3 Å². The quantitative estimate of drug-likeness (QED) is 0.729. The maximum atomic E-state index is 13.3. The number of aromatic nitrogens is 2. The van der Waals surface area contributed by atoms with E-state index in [0.29, 0.717) is 6.07 Å². The smallest absolute Gasteiger partial charge is 0.394 e. The number of aliphatic hydroxyl groups excluding tert-OH is 1. The number of anilines is 1. The van der Waals surface area contributed by atoms with Crippen LogP contribution in [0.1, 0.15) is 17.5 Å². The first-order valence-corrected chi connectivity index (χ1v) is 9.54. The fourth-order valence-corrected chi connectivity index (χ4v) is 4.15. The summed E-state index contributed by atoms with van der Waals surface area (Å²) in [5, 5.41) is 25.7. The van der Waals surface area contributed by atoms with Crippen LogP contribution in [0.2, 0.25) is 5.02 Å². The van der Waals surface area contributed by atoms with Crippen molar-refractivity contribution in [3.63, 3.8) is 0 Å². The van der Waals surface area contributed by atoms with Crippen molar-refractivity contribution >= 4 is 34.0 Å². The SMILES string of the molecule is [C-]#[N+]c1nn2c(c1S(C)=O)NC(CO)(CC#N)c1cc(C(F)(F)F)cc(Cl)c1-2. The standard InChI is InChI=1S/C16H11ClF3N5O2S/c1-22-13-12(28(2)27)14-23-15(7-26,3-4-21)9-5-8(16(18,19)20)6-10(17)11(9)25(14)24-13/h5-6,23,26H,3,7H2,2H3. The van der Waals surface area contributed by atoms with Crippen LogP contribution in [0.15, 0.2) is 17.0 Å². The van der Waals surface area contributed by atoms with Gasteiger partial charge in [0.15, 0.2) is 5.82 Å². The maximum absolute atomic E-state index is 13.3. The van der Waals surface area contributed by atoms with Gasteiger partial charge in [-0.2, -0.15) is 18.4 Å². The van der Waals surface area contributed by atoms with E-state index in [4.69, 9.17) is 18.2 Å². The summed E-state index contributed by atoms with van der Waals surface area (Å²) < 4.78 is 53.1. The van der Waals surface area contributed by atoms with Crippen molar-refractivity contribution in [3.05, 3.63) is 39.7 Å². The Hall–Kier alpha value is -2.60. The fraction of sp³-hybridized carbons (Fsp3) is 0.312. The molecular weight excluding hydrogens is 419 g/mol. The maximum Gasteiger partial charge on any atom is 0.416 e. The van der Waals surface area contributed by atoms with Crippen molar-refractivity contribution in [2.24, 2.45) is 0 Å². The molecule has 146 valence electrons. The molecule has 1 aromatic heterocycles. The van der Waals surface area contributed by atoms with Gasteiger partial charge in [-0.25, -0.2) is 0 Å². The van der Waals surface area contributed by atoms with Crippen LogP contribution < -0.4 is 5.32 Å². The monoisotopic (exact) mass is 429 g/mol. The lowest BCUT2D eigenvalue weighted by Gasteiger charge is -2.38. The first-order chi connectivity index (χ1) is 13.1. The minimum atomic E-state index is -4.71. The van der Waals surface area contributed by atoms with Gasteiger partial charge in [-0.15, -0.1) is 4.68 Å². The highest BCUT2D eigenvalue weighted by Gasteiger charge is 2.45. The van der Waals surface area contributed by atoms with E-state index >= 15 is 0 Å². The number of alkyl halides is 3. The molecule has 1 aliphatic heterocycles. The number of benzene rings is 1. The van der Waals surface area contributed by atoms with Crippen LogP contribution in [-0.4, -0.2) is 32.0 Å². The van der Waals surface area contributed by atoms with Crippen LogP contribution >= 0.6 is 11.6 Å². The predicted octanol–water partition coefficient (Wildman–Crippen LogP) is 3.36. The molecule has 0 spiro atoms. The van der Waals surface area contributed by atoms with Gasteiger partial charge in [-0.3, -0.25) is 4.21 Å². The Labute approximate surface area is 164 Å². The molecule has 2 N–H and O–H groups in total. The summed E-state index contributed by atoms with van der Waals surface area (Å²) in [7, 11) is -1.69. The number of nitrogens with zero attached hydrogens (tertiary/aromatic N) is 4. The Morgan fingerprint density at radius 3 is 2.71 bits per heavy atom. The van der Waals surface area contributed by atoms with Gasteiger partial charge in [0.05, 0.1) is 29.7 Å². The molecule has 0 bridgehead atoms. The highest BCUT2D eigenvalue weighted by atomic mass is 35.5. The minimum Gasteiger partial charge on any atom is -0.394 e. The Morgan fingerprint density at radius 2 is 2.21 bits per heavy atom. The third-order valence-electron chi connectivity index (χ3n) is 4.34. The fourth-order valence-electron chi connectivity index (χ4n) is 3.09. The van der Waals surface area contributed by atoms with E-state index < -0.39 is 41.1 Å². The lowest BCUT2D eigenvalue weighted by Crippen LogP contribution is -2.44. The molecule has 1 aliphatic rings. The lowest BCUT2D eigenvalue weighted by atomic mass is 9.84. The zero-order chi connectivity index (χ0) is 20.9. The van der Waals surface area contributed by atoms with Crippen molar-refractivity contribution in [2.45, 2.75) is 23.0 Å². The molecule has 0 saturated carbocycles. The van der Waals surface area contributed by atoms with Crippen LogP contribution in [0.25, 0.3) is 10.5 Å². The van der Waals surface area contributed by atoms with Crippen molar-refractivity contribution in [1.82, 2.24) is 9.78 Å². The molecule has 2 aromatic rings. The van der Waals surface area contributed by atoms with Crippen molar-refractivity contribution in [3.8, 4) is 11.8 Å². The summed E-state index contributed by atoms with van der Waals surface area (Å²) in [5.74, 6) is -0.193. The molecule has 0 radical (unpaired) electrons. The second kappa shape index (κ2) is 6.78. The van der Waals surface area contributed by atoms with Gasteiger partial charge in [0.1, 0.15) is 16.1 Å². The molecule has 0 aliphatic carbocycles. The molecule has 2 heterocycles. The van der Waals surface area contributed by atoms with Gasteiger partial charge in [0.2, 0.25) is 0 Å². The van der Waals surface area contributed by atoms with Crippen LogP contribution in [0, 0.1) is 17.9 Å². The number of nitriles is 1. The predicted molar refractivity (Wildman–Crippen MR) is 94.8 cm³/mol. The average Bonchev–Trinajstić information content (AvgIpc) is 2.98. The summed E-state index contributed by atoms with van der Waals surface area (Å²) in [6, 6.07) is 3.32. The summed E-state index contributed by atoms with van der Waals surface area (Å²) in [5.41, 5.74) is -2.84. The highest BCUT2D eigenvalue weighted by Crippen LogP contribution is 2.47. The number of nitrogens with one attached hydrogen (secondary N) is 1. The molecule has 12 heteroatoms. The molecule has 1 aromatic carbocycles. The number of hydrogen-bond acceptors (Lipinski definition) is 5. The number of halogens is 4. The van der Waals surface area contributed by atoms with Crippen LogP contribution in [0.3, 0.4) is 0 Å². The normalized spacial score (nSPS) is 19.0. The third-order valence-corrected chi connectivity index (χ3v) is 5.58. The Balaban J connectivity index is 2.46. The molecular formula is C16H11ClF3N5O2S. The van der Waals surface area contributed by atoms with Gasteiger partial charge in [0.25, 0.3) is 0 Å². The van der Waals surface area contributed by atoms with Crippen LogP contribution in [0.4, 0.5) is 24.8 Å². The number of hydrogen-bond donors (Lipinski definition) is 2. The molecule has 0 saturated heterocycles. The summed E-state index contributed by atoms with van der Waals surface area (Å²) in [4.78, 5) is 3.22. The summed E-state index contributed by atoms with van der Waals surface area (Å²) in [6.07, 6.45) is -3.82. The molecule has 2 atom stereocenters. The highest BCUT2D eigenvalue weighted by molar-refractivity contribution is 7.84. The van der Waals surface area contributed by atoms with E-state index in [1.54, 1.807) is 0 Å². The zero-order valence-electron chi connectivity index (χ0n) is 14.1. The summed E-state index contributed by atoms with van der Waals surface area (Å²) >= 11 is 6.14. The second-order valence-corrected chi connectivity index (χ2v) is 7.75. The van der Waals surface area contributed by atoms with Gasteiger partial charge in [-0.1, -0.05) is 18.2 Å². The molecule has 0 amide bonds. The minimum absolute atomic E-state index is 0.00683. The molecule has 28 heavy (non-hydrogen) atoms. The molecule has 0 fully saturated rings. The van der Waals surface area contributed by atoms with Crippen LogP contribution in [-0.2, 0) is 22.5 Å². The molecule has 2 unspecified atom stereocenters. The van der Waals surface area contributed by atoms with Gasteiger partial charge in [-0.05, 0) is 17.2 Å². The largest absolute Gasteiger partial charge is 0.416 e. The average molecular weight is 430 g/mol. The summed E-state index contributed by atoms with van der Waals surface area (Å²) in [6.45, 7) is 6.49. The topological polar surface area (TPSA) is 95.3 Å². The Bertz CT molecular complexity index is 1090. The second-order valence-electron chi connectivity index (χ2n) is 6.03. The van der Waals surface area contributed by atoms with Crippen molar-refractivity contribution < 1.29 is 22.5 Å². The van der Waals surface area contributed by atoms with E-state index in [1.807, 2.05) is 6.07 Å². The first kappa shape index (κ1) is 20.1. The molecule has 3 rings (SSSR count). The number of fused-ring (bicyclic) bond motifs is 3. The van der Waals surface area contributed by atoms with Crippen molar-refractivity contribution in [2.75, 3.05) is 18.2 Å².